The van der Waals surface area contributed by atoms with Gasteiger partial charge in [-0.2, -0.15) is 0 Å². The van der Waals surface area contributed by atoms with E-state index in [9.17, 15) is 9.59 Å². The molecule has 0 radical (unpaired) electrons. The minimum atomic E-state index is -0.839. The van der Waals surface area contributed by atoms with E-state index in [1.807, 2.05) is 6.92 Å². The van der Waals surface area contributed by atoms with E-state index in [1.165, 1.54) is 0 Å². The normalized spacial score (nSPS) is 23.8. The van der Waals surface area contributed by atoms with Gasteiger partial charge < -0.3 is 15.0 Å². The monoisotopic (exact) mass is 256 g/mol. The highest BCUT2D eigenvalue weighted by Gasteiger charge is 2.51. The molecule has 0 aromatic carbocycles. The van der Waals surface area contributed by atoms with Crippen LogP contribution in [-0.2, 0) is 14.3 Å². The highest BCUT2D eigenvalue weighted by Crippen LogP contribution is 2.28. The molecule has 0 spiro atoms. The molecule has 1 rings (SSSR count). The summed E-state index contributed by atoms with van der Waals surface area (Å²) in [6.45, 7) is 9.55. The lowest BCUT2D eigenvalue weighted by Gasteiger charge is -2.50. The zero-order chi connectivity index (χ0) is 14.1. The van der Waals surface area contributed by atoms with E-state index >= 15 is 0 Å². The Labute approximate surface area is 109 Å². The molecule has 1 fully saturated rings. The first kappa shape index (κ1) is 15.0. The van der Waals surface area contributed by atoms with Crippen molar-refractivity contribution in [2.75, 3.05) is 13.7 Å². The highest BCUT2D eigenvalue weighted by molar-refractivity contribution is 6.01. The Balaban J connectivity index is 3.02. The van der Waals surface area contributed by atoms with Gasteiger partial charge in [0, 0.05) is 19.8 Å². The van der Waals surface area contributed by atoms with Gasteiger partial charge in [0.1, 0.15) is 11.1 Å². The fourth-order valence-electron chi connectivity index (χ4n) is 2.32. The van der Waals surface area contributed by atoms with Crippen LogP contribution in [0.1, 0.15) is 41.0 Å². The Hall–Kier alpha value is -1.10. The Morgan fingerprint density at radius 2 is 1.83 bits per heavy atom. The van der Waals surface area contributed by atoms with Gasteiger partial charge >= 0.3 is 0 Å². The predicted molar refractivity (Wildman–Crippen MR) is 69.1 cm³/mol. The molecule has 0 aromatic heterocycles. The Morgan fingerprint density at radius 1 is 1.28 bits per heavy atom. The summed E-state index contributed by atoms with van der Waals surface area (Å²) < 4.78 is 5.05. The van der Waals surface area contributed by atoms with Crippen LogP contribution in [0.15, 0.2) is 0 Å². The number of piperazine rings is 1. The van der Waals surface area contributed by atoms with Crippen LogP contribution < -0.4 is 5.32 Å². The average molecular weight is 256 g/mol. The SMILES string of the molecule is COCCC(C)N1C(=O)C(C)(C)NC(=O)C1(C)C. The van der Waals surface area contributed by atoms with E-state index in [0.29, 0.717) is 6.61 Å². The molecule has 5 nitrogen and oxygen atoms in total. The van der Waals surface area contributed by atoms with Crippen LogP contribution in [0, 0.1) is 0 Å². The molecule has 0 saturated carbocycles. The number of carbonyl (C=O) groups is 2. The molecule has 2 amide bonds. The summed E-state index contributed by atoms with van der Waals surface area (Å²) in [6.07, 6.45) is 0.717. The van der Waals surface area contributed by atoms with Gasteiger partial charge in [-0.15, -0.1) is 0 Å². The molecule has 1 aliphatic rings. The number of rotatable bonds is 4. The predicted octanol–water partition coefficient (Wildman–Crippen LogP) is 0.927. The first-order valence-electron chi connectivity index (χ1n) is 6.30. The molecule has 1 aliphatic heterocycles. The standard InChI is InChI=1S/C13H24N2O3/c1-9(7-8-18-6)15-11(17)12(2,3)14-10(16)13(15,4)5/h9H,7-8H2,1-6H3,(H,14,16). The highest BCUT2D eigenvalue weighted by atomic mass is 16.5. The third-order valence-corrected chi connectivity index (χ3v) is 3.52. The van der Waals surface area contributed by atoms with Crippen molar-refractivity contribution in [2.24, 2.45) is 0 Å². The van der Waals surface area contributed by atoms with Crippen LogP contribution in [-0.4, -0.2) is 47.6 Å². The summed E-state index contributed by atoms with van der Waals surface area (Å²) in [6, 6.07) is -0.0298. The van der Waals surface area contributed by atoms with Crippen LogP contribution in [0.4, 0.5) is 0 Å². The molecular weight excluding hydrogens is 232 g/mol. The van der Waals surface area contributed by atoms with Crippen molar-refractivity contribution >= 4 is 11.8 Å². The van der Waals surface area contributed by atoms with Crippen LogP contribution >= 0.6 is 0 Å². The maximum Gasteiger partial charge on any atom is 0.248 e. The van der Waals surface area contributed by atoms with Gasteiger partial charge in [0.25, 0.3) is 0 Å². The number of nitrogens with one attached hydrogen (secondary N) is 1. The Bertz CT molecular complexity index is 350. The smallest absolute Gasteiger partial charge is 0.248 e. The van der Waals surface area contributed by atoms with Crippen LogP contribution in [0.5, 0.6) is 0 Å². The van der Waals surface area contributed by atoms with Gasteiger partial charge in [0.05, 0.1) is 0 Å². The minimum absolute atomic E-state index is 0.0298. The van der Waals surface area contributed by atoms with E-state index in [-0.39, 0.29) is 17.9 Å². The lowest BCUT2D eigenvalue weighted by Crippen LogP contribution is -2.73. The molecule has 0 aromatic rings. The lowest BCUT2D eigenvalue weighted by atomic mass is 9.88. The zero-order valence-electron chi connectivity index (χ0n) is 12.2. The van der Waals surface area contributed by atoms with Gasteiger partial charge in [-0.3, -0.25) is 9.59 Å². The summed E-state index contributed by atoms with van der Waals surface area (Å²) in [5.41, 5.74) is -1.66. The molecule has 1 atom stereocenters. The summed E-state index contributed by atoms with van der Waals surface area (Å²) in [5, 5.41) is 2.78. The van der Waals surface area contributed by atoms with E-state index in [4.69, 9.17) is 4.74 Å². The lowest BCUT2D eigenvalue weighted by molar-refractivity contribution is -0.163. The largest absolute Gasteiger partial charge is 0.385 e. The number of hydrogen-bond acceptors (Lipinski definition) is 3. The van der Waals surface area contributed by atoms with Crippen LogP contribution in [0.25, 0.3) is 0 Å². The van der Waals surface area contributed by atoms with Gasteiger partial charge in [-0.1, -0.05) is 0 Å². The van der Waals surface area contributed by atoms with Crippen LogP contribution in [0.2, 0.25) is 0 Å². The van der Waals surface area contributed by atoms with Crippen molar-refractivity contribution in [3.05, 3.63) is 0 Å². The van der Waals surface area contributed by atoms with Crippen molar-refractivity contribution in [3.63, 3.8) is 0 Å². The second kappa shape index (κ2) is 4.88. The third-order valence-electron chi connectivity index (χ3n) is 3.52. The number of hydrogen-bond donors (Lipinski definition) is 1. The molecule has 1 N–H and O–H groups in total. The zero-order valence-corrected chi connectivity index (χ0v) is 12.2. The number of amides is 2. The molecule has 1 saturated heterocycles. The van der Waals surface area contributed by atoms with E-state index < -0.39 is 11.1 Å². The quantitative estimate of drug-likeness (QED) is 0.814. The number of ether oxygens (including phenoxy) is 1. The Kier molecular flexibility index (Phi) is 4.05. The fourth-order valence-corrected chi connectivity index (χ4v) is 2.32. The summed E-state index contributed by atoms with van der Waals surface area (Å²) in [4.78, 5) is 26.3. The summed E-state index contributed by atoms with van der Waals surface area (Å²) in [5.74, 6) is -0.160. The Morgan fingerprint density at radius 3 is 2.33 bits per heavy atom. The van der Waals surface area contributed by atoms with Crippen molar-refractivity contribution in [2.45, 2.75) is 58.2 Å². The first-order chi connectivity index (χ1) is 8.14. The molecule has 5 heteroatoms. The third kappa shape index (κ3) is 2.51. The van der Waals surface area contributed by atoms with E-state index in [1.54, 1.807) is 39.7 Å². The van der Waals surface area contributed by atoms with Crippen molar-refractivity contribution in [1.29, 1.82) is 0 Å². The van der Waals surface area contributed by atoms with Crippen molar-refractivity contribution < 1.29 is 14.3 Å². The maximum atomic E-state index is 12.5. The maximum absolute atomic E-state index is 12.5. The van der Waals surface area contributed by atoms with Gasteiger partial charge in [0.15, 0.2) is 0 Å². The molecule has 18 heavy (non-hydrogen) atoms. The minimum Gasteiger partial charge on any atom is -0.385 e. The van der Waals surface area contributed by atoms with E-state index in [2.05, 4.69) is 5.32 Å². The molecule has 104 valence electrons. The topological polar surface area (TPSA) is 58.6 Å². The van der Waals surface area contributed by atoms with Crippen LogP contribution in [0.3, 0.4) is 0 Å². The van der Waals surface area contributed by atoms with Crippen molar-refractivity contribution in [3.8, 4) is 0 Å². The number of methoxy groups -OCH3 is 1. The van der Waals surface area contributed by atoms with Gasteiger partial charge in [-0.05, 0) is 41.0 Å². The molecule has 1 unspecified atom stereocenters. The summed E-state index contributed by atoms with van der Waals surface area (Å²) in [7, 11) is 1.63. The number of carbonyl (C=O) groups excluding carboxylic acids is 2. The van der Waals surface area contributed by atoms with Gasteiger partial charge in [-0.25, -0.2) is 0 Å². The van der Waals surface area contributed by atoms with Gasteiger partial charge in [0.2, 0.25) is 11.8 Å². The van der Waals surface area contributed by atoms with Crippen molar-refractivity contribution in [1.82, 2.24) is 10.2 Å². The second-order valence-electron chi connectivity index (χ2n) is 5.94. The molecule has 0 bridgehead atoms. The fraction of sp³-hybridized carbons (Fsp3) is 0.846. The molecule has 1 heterocycles. The van der Waals surface area contributed by atoms with E-state index in [0.717, 1.165) is 6.42 Å². The first-order valence-corrected chi connectivity index (χ1v) is 6.30. The molecular formula is C13H24N2O3. The number of nitrogens with zero attached hydrogens (tertiary/aromatic N) is 1. The molecule has 0 aliphatic carbocycles. The average Bonchev–Trinajstić information content (AvgIpc) is 2.23. The summed E-state index contributed by atoms with van der Waals surface area (Å²) >= 11 is 0. The second-order valence-corrected chi connectivity index (χ2v) is 5.94.